The average Bonchev–Trinajstić information content (AvgIpc) is 2.56. The SMILES string of the molecule is CCCC(=O)Nc1ccc(NC(=O)c2cccc(OC(C)C)c2)cc1. The lowest BCUT2D eigenvalue weighted by molar-refractivity contribution is -0.116. The molecule has 0 radical (unpaired) electrons. The van der Waals surface area contributed by atoms with Crippen molar-refractivity contribution >= 4 is 23.2 Å². The molecule has 0 heterocycles. The summed E-state index contributed by atoms with van der Waals surface area (Å²) < 4.78 is 5.61. The third-order valence-corrected chi connectivity index (χ3v) is 3.37. The molecule has 0 atom stereocenters. The van der Waals surface area contributed by atoms with E-state index in [-0.39, 0.29) is 17.9 Å². The largest absolute Gasteiger partial charge is 0.491 e. The van der Waals surface area contributed by atoms with Gasteiger partial charge in [-0.3, -0.25) is 9.59 Å². The van der Waals surface area contributed by atoms with Crippen LogP contribution in [0.15, 0.2) is 48.5 Å². The minimum atomic E-state index is -0.211. The second kappa shape index (κ2) is 8.87. The van der Waals surface area contributed by atoms with Gasteiger partial charge in [0.1, 0.15) is 5.75 Å². The normalized spacial score (nSPS) is 10.4. The molecule has 2 rings (SSSR count). The lowest BCUT2D eigenvalue weighted by Gasteiger charge is -2.11. The Morgan fingerprint density at radius 3 is 2.24 bits per heavy atom. The Morgan fingerprint density at radius 1 is 1.00 bits per heavy atom. The molecule has 2 N–H and O–H groups in total. The van der Waals surface area contributed by atoms with Gasteiger partial charge in [-0.15, -0.1) is 0 Å². The maximum Gasteiger partial charge on any atom is 0.255 e. The highest BCUT2D eigenvalue weighted by Gasteiger charge is 2.08. The number of amides is 2. The molecular formula is C20H24N2O3. The summed E-state index contributed by atoms with van der Waals surface area (Å²) in [7, 11) is 0. The number of ether oxygens (including phenoxy) is 1. The van der Waals surface area contributed by atoms with Crippen LogP contribution in [-0.4, -0.2) is 17.9 Å². The van der Waals surface area contributed by atoms with E-state index in [1.54, 1.807) is 42.5 Å². The first kappa shape index (κ1) is 18.5. The Kier molecular flexibility index (Phi) is 6.57. The topological polar surface area (TPSA) is 67.4 Å². The number of rotatable bonds is 7. The van der Waals surface area contributed by atoms with Crippen molar-refractivity contribution in [2.45, 2.75) is 39.7 Å². The zero-order valence-corrected chi connectivity index (χ0v) is 14.8. The van der Waals surface area contributed by atoms with Gasteiger partial charge in [0.25, 0.3) is 5.91 Å². The van der Waals surface area contributed by atoms with Gasteiger partial charge in [0.05, 0.1) is 6.10 Å². The first-order chi connectivity index (χ1) is 12.0. The zero-order chi connectivity index (χ0) is 18.2. The molecule has 0 fully saturated rings. The molecule has 0 aliphatic carbocycles. The summed E-state index contributed by atoms with van der Waals surface area (Å²) in [6.07, 6.45) is 1.35. The van der Waals surface area contributed by atoms with Crippen molar-refractivity contribution in [1.82, 2.24) is 0 Å². The van der Waals surface area contributed by atoms with Gasteiger partial charge in [-0.25, -0.2) is 0 Å². The van der Waals surface area contributed by atoms with E-state index in [2.05, 4.69) is 10.6 Å². The van der Waals surface area contributed by atoms with E-state index in [4.69, 9.17) is 4.74 Å². The summed E-state index contributed by atoms with van der Waals surface area (Å²) in [5.74, 6) is 0.440. The Labute approximate surface area is 148 Å². The first-order valence-corrected chi connectivity index (χ1v) is 8.46. The maximum atomic E-state index is 12.4. The van der Waals surface area contributed by atoms with Crippen molar-refractivity contribution in [3.63, 3.8) is 0 Å². The highest BCUT2D eigenvalue weighted by molar-refractivity contribution is 6.04. The second-order valence-corrected chi connectivity index (χ2v) is 6.02. The Balaban J connectivity index is 1.99. The quantitative estimate of drug-likeness (QED) is 0.782. The molecule has 0 spiro atoms. The lowest BCUT2D eigenvalue weighted by Crippen LogP contribution is -2.13. The summed E-state index contributed by atoms with van der Waals surface area (Å²) in [5, 5.41) is 5.65. The molecule has 0 saturated heterocycles. The van der Waals surface area contributed by atoms with Crippen LogP contribution < -0.4 is 15.4 Å². The van der Waals surface area contributed by atoms with Crippen molar-refractivity contribution < 1.29 is 14.3 Å². The van der Waals surface area contributed by atoms with E-state index in [1.807, 2.05) is 26.8 Å². The zero-order valence-electron chi connectivity index (χ0n) is 14.8. The molecule has 0 bridgehead atoms. The molecule has 0 saturated carbocycles. The van der Waals surface area contributed by atoms with E-state index >= 15 is 0 Å². The van der Waals surface area contributed by atoms with Crippen molar-refractivity contribution in [3.8, 4) is 5.75 Å². The second-order valence-electron chi connectivity index (χ2n) is 6.02. The molecule has 0 unspecified atom stereocenters. The molecule has 0 aliphatic heterocycles. The fourth-order valence-electron chi connectivity index (χ4n) is 2.27. The van der Waals surface area contributed by atoms with Crippen LogP contribution in [0.25, 0.3) is 0 Å². The summed E-state index contributed by atoms with van der Waals surface area (Å²) in [6, 6.07) is 14.1. The molecule has 132 valence electrons. The fraction of sp³-hybridized carbons (Fsp3) is 0.300. The predicted octanol–water partition coefficient (Wildman–Crippen LogP) is 4.46. The van der Waals surface area contributed by atoms with Crippen LogP contribution in [0.3, 0.4) is 0 Å². The van der Waals surface area contributed by atoms with E-state index < -0.39 is 0 Å². The Hall–Kier alpha value is -2.82. The van der Waals surface area contributed by atoms with Gasteiger partial charge < -0.3 is 15.4 Å². The molecule has 25 heavy (non-hydrogen) atoms. The van der Waals surface area contributed by atoms with Crippen molar-refractivity contribution in [2.75, 3.05) is 10.6 Å². The summed E-state index contributed by atoms with van der Waals surface area (Å²) in [4.78, 5) is 23.9. The highest BCUT2D eigenvalue weighted by atomic mass is 16.5. The minimum Gasteiger partial charge on any atom is -0.491 e. The van der Waals surface area contributed by atoms with E-state index in [0.717, 1.165) is 6.42 Å². The molecule has 2 aromatic carbocycles. The van der Waals surface area contributed by atoms with Crippen LogP contribution in [0.5, 0.6) is 5.75 Å². The maximum absolute atomic E-state index is 12.4. The van der Waals surface area contributed by atoms with Gasteiger partial charge >= 0.3 is 0 Å². The first-order valence-electron chi connectivity index (χ1n) is 8.46. The van der Waals surface area contributed by atoms with E-state index in [9.17, 15) is 9.59 Å². The fourth-order valence-corrected chi connectivity index (χ4v) is 2.27. The molecule has 5 heteroatoms. The summed E-state index contributed by atoms with van der Waals surface area (Å²) in [6.45, 7) is 5.83. The van der Waals surface area contributed by atoms with Gasteiger partial charge in [0, 0.05) is 23.4 Å². The van der Waals surface area contributed by atoms with E-state index in [1.165, 1.54) is 0 Å². The predicted molar refractivity (Wildman–Crippen MR) is 100 cm³/mol. The van der Waals surface area contributed by atoms with Crippen LogP contribution in [0, 0.1) is 0 Å². The third kappa shape index (κ3) is 5.95. The van der Waals surface area contributed by atoms with Crippen LogP contribution in [0.4, 0.5) is 11.4 Å². The number of nitrogens with one attached hydrogen (secondary N) is 2. The smallest absolute Gasteiger partial charge is 0.255 e. The lowest BCUT2D eigenvalue weighted by atomic mass is 10.2. The molecular weight excluding hydrogens is 316 g/mol. The number of anilines is 2. The van der Waals surface area contributed by atoms with Crippen LogP contribution in [0.2, 0.25) is 0 Å². The van der Waals surface area contributed by atoms with Crippen molar-refractivity contribution in [2.24, 2.45) is 0 Å². The monoisotopic (exact) mass is 340 g/mol. The molecule has 0 aliphatic rings. The van der Waals surface area contributed by atoms with Crippen molar-refractivity contribution in [1.29, 1.82) is 0 Å². The molecule has 2 amide bonds. The van der Waals surface area contributed by atoms with Gasteiger partial charge in [0.2, 0.25) is 5.91 Å². The van der Waals surface area contributed by atoms with Gasteiger partial charge in [-0.05, 0) is 62.7 Å². The third-order valence-electron chi connectivity index (χ3n) is 3.37. The molecule has 2 aromatic rings. The number of benzene rings is 2. The number of carbonyl (C=O) groups excluding carboxylic acids is 2. The van der Waals surface area contributed by atoms with Gasteiger partial charge in [-0.2, -0.15) is 0 Å². The van der Waals surface area contributed by atoms with E-state index in [0.29, 0.717) is 29.1 Å². The van der Waals surface area contributed by atoms with Crippen LogP contribution >= 0.6 is 0 Å². The summed E-state index contributed by atoms with van der Waals surface area (Å²) >= 11 is 0. The average molecular weight is 340 g/mol. The van der Waals surface area contributed by atoms with Crippen molar-refractivity contribution in [3.05, 3.63) is 54.1 Å². The Bertz CT molecular complexity index is 724. The van der Waals surface area contributed by atoms with Crippen LogP contribution in [-0.2, 0) is 4.79 Å². The number of carbonyl (C=O) groups is 2. The summed E-state index contributed by atoms with van der Waals surface area (Å²) in [5.41, 5.74) is 1.90. The number of hydrogen-bond acceptors (Lipinski definition) is 3. The Morgan fingerprint density at radius 2 is 1.64 bits per heavy atom. The highest BCUT2D eigenvalue weighted by Crippen LogP contribution is 2.18. The van der Waals surface area contributed by atoms with Gasteiger partial charge in [0.15, 0.2) is 0 Å². The van der Waals surface area contributed by atoms with Gasteiger partial charge in [-0.1, -0.05) is 13.0 Å². The van der Waals surface area contributed by atoms with Crippen LogP contribution in [0.1, 0.15) is 44.0 Å². The number of hydrogen-bond donors (Lipinski definition) is 2. The standard InChI is InChI=1S/C20H24N2O3/c1-4-6-19(23)21-16-9-11-17(12-10-16)22-20(24)15-7-5-8-18(13-15)25-14(2)3/h5,7-14H,4,6H2,1-3H3,(H,21,23)(H,22,24). The minimum absolute atomic E-state index is 0.0127. The molecule has 5 nitrogen and oxygen atoms in total. The molecule has 0 aromatic heterocycles.